The molecule has 0 radical (unpaired) electrons. The highest BCUT2D eigenvalue weighted by Crippen LogP contribution is 2.19. The molecule has 1 N–H and O–H groups in total. The summed E-state index contributed by atoms with van der Waals surface area (Å²) in [5.41, 5.74) is 1.73. The third-order valence-electron chi connectivity index (χ3n) is 3.73. The van der Waals surface area contributed by atoms with Gasteiger partial charge in [-0.15, -0.1) is 0 Å². The molecule has 3 rings (SSSR count). The molecule has 0 bridgehead atoms. The van der Waals surface area contributed by atoms with Gasteiger partial charge in [-0.1, -0.05) is 50.1 Å². The lowest BCUT2D eigenvalue weighted by Crippen LogP contribution is -2.13. The summed E-state index contributed by atoms with van der Waals surface area (Å²) in [6, 6.07) is 21.1. The number of nitrogens with one attached hydrogen (secondary N) is 1. The Kier molecular flexibility index (Phi) is 6.42. The molecule has 0 saturated heterocycles. The van der Waals surface area contributed by atoms with E-state index in [2.05, 4.69) is 37.2 Å². The lowest BCUT2D eigenvalue weighted by Gasteiger charge is -2.09. The van der Waals surface area contributed by atoms with Gasteiger partial charge in [0, 0.05) is 31.8 Å². The number of Topliss-reactive ketones (excluding diaryl/α,β-unsaturated/α-hetero) is 1. The van der Waals surface area contributed by atoms with Crippen molar-refractivity contribution < 1.29 is 14.3 Å². The lowest BCUT2D eigenvalue weighted by atomic mass is 10.1. The maximum absolute atomic E-state index is 12.3. The summed E-state index contributed by atoms with van der Waals surface area (Å²) in [6.45, 7) is -0.0776. The Morgan fingerprint density at radius 1 is 0.815 bits per heavy atom. The van der Waals surface area contributed by atoms with E-state index < -0.39 is 0 Å². The van der Waals surface area contributed by atoms with Gasteiger partial charge in [0.25, 0.3) is 5.91 Å². The summed E-state index contributed by atoms with van der Waals surface area (Å²) < 4.78 is 7.40. The van der Waals surface area contributed by atoms with Crippen LogP contribution >= 0.6 is 31.9 Å². The molecule has 3 aromatic carbocycles. The zero-order valence-corrected chi connectivity index (χ0v) is 17.3. The highest BCUT2D eigenvalue weighted by molar-refractivity contribution is 9.10. The van der Waals surface area contributed by atoms with Crippen molar-refractivity contribution in [3.63, 3.8) is 0 Å². The summed E-state index contributed by atoms with van der Waals surface area (Å²) in [5, 5.41) is 2.82. The normalized spacial score (nSPS) is 10.3. The molecular formula is C21H15Br2NO3. The number of ketones is 1. The first-order valence-electron chi connectivity index (χ1n) is 8.10. The van der Waals surface area contributed by atoms with Gasteiger partial charge >= 0.3 is 0 Å². The standard InChI is InChI=1S/C21H15Br2NO3/c22-16-8-4-14(5-9-16)20(25)13-27-19-3-1-2-18(12-19)24-21(26)15-6-10-17(23)11-7-15/h1-12H,13H2,(H,24,26). The number of benzene rings is 3. The molecule has 0 heterocycles. The maximum Gasteiger partial charge on any atom is 0.255 e. The van der Waals surface area contributed by atoms with E-state index in [9.17, 15) is 9.59 Å². The van der Waals surface area contributed by atoms with E-state index in [4.69, 9.17) is 4.74 Å². The highest BCUT2D eigenvalue weighted by Gasteiger charge is 2.09. The van der Waals surface area contributed by atoms with Crippen LogP contribution in [0.3, 0.4) is 0 Å². The van der Waals surface area contributed by atoms with E-state index >= 15 is 0 Å². The van der Waals surface area contributed by atoms with Crippen LogP contribution < -0.4 is 10.1 Å². The summed E-state index contributed by atoms with van der Waals surface area (Å²) in [4.78, 5) is 24.5. The van der Waals surface area contributed by atoms with Gasteiger partial charge < -0.3 is 10.1 Å². The van der Waals surface area contributed by atoms with Crippen molar-refractivity contribution in [1.29, 1.82) is 0 Å². The summed E-state index contributed by atoms with van der Waals surface area (Å²) >= 11 is 6.68. The maximum atomic E-state index is 12.3. The van der Waals surface area contributed by atoms with E-state index in [1.54, 1.807) is 48.5 Å². The number of rotatable bonds is 6. The fourth-order valence-corrected chi connectivity index (χ4v) is 2.86. The van der Waals surface area contributed by atoms with Crippen LogP contribution in [0.15, 0.2) is 81.7 Å². The summed E-state index contributed by atoms with van der Waals surface area (Å²) in [7, 11) is 0. The molecule has 4 nitrogen and oxygen atoms in total. The van der Waals surface area contributed by atoms with E-state index in [0.29, 0.717) is 22.6 Å². The molecule has 0 aliphatic rings. The molecule has 0 atom stereocenters. The second-order valence-corrected chi connectivity index (χ2v) is 7.54. The van der Waals surface area contributed by atoms with Gasteiger partial charge in [0.15, 0.2) is 12.4 Å². The monoisotopic (exact) mass is 487 g/mol. The summed E-state index contributed by atoms with van der Waals surface area (Å²) in [6.07, 6.45) is 0. The highest BCUT2D eigenvalue weighted by atomic mass is 79.9. The van der Waals surface area contributed by atoms with E-state index in [0.717, 1.165) is 8.95 Å². The SMILES string of the molecule is O=C(COc1cccc(NC(=O)c2ccc(Br)cc2)c1)c1ccc(Br)cc1. The predicted octanol–water partition coefficient (Wildman–Crippen LogP) is 5.73. The average Bonchev–Trinajstić information content (AvgIpc) is 2.67. The van der Waals surface area contributed by atoms with Crippen molar-refractivity contribution >= 4 is 49.2 Å². The van der Waals surface area contributed by atoms with Gasteiger partial charge in [-0.25, -0.2) is 0 Å². The molecule has 1 amide bonds. The molecule has 6 heteroatoms. The largest absolute Gasteiger partial charge is 0.485 e. The third kappa shape index (κ3) is 5.52. The smallest absolute Gasteiger partial charge is 0.255 e. The van der Waals surface area contributed by atoms with Crippen LogP contribution in [-0.2, 0) is 0 Å². The number of ether oxygens (including phenoxy) is 1. The van der Waals surface area contributed by atoms with Crippen LogP contribution in [0, 0.1) is 0 Å². The van der Waals surface area contributed by atoms with E-state index in [1.807, 2.05) is 24.3 Å². The molecule has 0 unspecified atom stereocenters. The molecule has 0 spiro atoms. The van der Waals surface area contributed by atoms with Gasteiger partial charge in [-0.3, -0.25) is 9.59 Å². The Hall–Kier alpha value is -2.44. The molecule has 0 aliphatic carbocycles. The van der Waals surface area contributed by atoms with Crippen LogP contribution in [0.25, 0.3) is 0 Å². The number of hydrogen-bond donors (Lipinski definition) is 1. The minimum absolute atomic E-state index is 0.0776. The Balaban J connectivity index is 1.61. The Morgan fingerprint density at radius 3 is 2.04 bits per heavy atom. The second kappa shape index (κ2) is 8.97. The number of anilines is 1. The zero-order chi connectivity index (χ0) is 19.2. The average molecular weight is 489 g/mol. The lowest BCUT2D eigenvalue weighted by molar-refractivity contribution is 0.0920. The third-order valence-corrected chi connectivity index (χ3v) is 4.79. The topological polar surface area (TPSA) is 55.4 Å². The van der Waals surface area contributed by atoms with Crippen LogP contribution in [-0.4, -0.2) is 18.3 Å². The molecule has 27 heavy (non-hydrogen) atoms. The first-order chi connectivity index (χ1) is 13.0. The molecule has 0 aromatic heterocycles. The van der Waals surface area contributed by atoms with E-state index in [-0.39, 0.29) is 18.3 Å². The molecule has 0 aliphatic heterocycles. The van der Waals surface area contributed by atoms with Crippen LogP contribution in [0.2, 0.25) is 0 Å². The number of hydrogen-bond acceptors (Lipinski definition) is 3. The van der Waals surface area contributed by atoms with Gasteiger partial charge in [0.1, 0.15) is 5.75 Å². The Bertz CT molecular complexity index is 954. The van der Waals surface area contributed by atoms with Gasteiger partial charge in [-0.2, -0.15) is 0 Å². The molecule has 136 valence electrons. The first kappa shape index (κ1) is 19.3. The van der Waals surface area contributed by atoms with Crippen molar-refractivity contribution in [2.75, 3.05) is 11.9 Å². The van der Waals surface area contributed by atoms with E-state index in [1.165, 1.54) is 0 Å². The van der Waals surface area contributed by atoms with Gasteiger partial charge in [0.05, 0.1) is 0 Å². The predicted molar refractivity (Wildman–Crippen MR) is 113 cm³/mol. The number of carbonyl (C=O) groups is 2. The number of carbonyl (C=O) groups excluding carboxylic acids is 2. The van der Waals surface area contributed by atoms with Gasteiger partial charge in [0.2, 0.25) is 0 Å². The zero-order valence-electron chi connectivity index (χ0n) is 14.1. The fraction of sp³-hybridized carbons (Fsp3) is 0.0476. The fourth-order valence-electron chi connectivity index (χ4n) is 2.34. The Labute approximate surface area is 173 Å². The minimum Gasteiger partial charge on any atom is -0.485 e. The molecule has 0 fully saturated rings. The second-order valence-electron chi connectivity index (χ2n) is 5.71. The molecular weight excluding hydrogens is 474 g/mol. The van der Waals surface area contributed by atoms with Crippen molar-refractivity contribution in [2.45, 2.75) is 0 Å². The van der Waals surface area contributed by atoms with Crippen molar-refractivity contribution in [3.05, 3.63) is 92.9 Å². The quantitative estimate of drug-likeness (QED) is 0.451. The molecule has 3 aromatic rings. The van der Waals surface area contributed by atoms with Crippen molar-refractivity contribution in [1.82, 2.24) is 0 Å². The van der Waals surface area contributed by atoms with Crippen molar-refractivity contribution in [3.8, 4) is 5.75 Å². The van der Waals surface area contributed by atoms with Gasteiger partial charge in [-0.05, 0) is 48.5 Å². The number of amides is 1. The first-order valence-corrected chi connectivity index (χ1v) is 9.68. The number of halogens is 2. The molecule has 0 saturated carbocycles. The van der Waals surface area contributed by atoms with Crippen LogP contribution in [0.5, 0.6) is 5.75 Å². The van der Waals surface area contributed by atoms with Crippen LogP contribution in [0.1, 0.15) is 20.7 Å². The summed E-state index contributed by atoms with van der Waals surface area (Å²) in [5.74, 6) is 0.173. The minimum atomic E-state index is -0.217. The van der Waals surface area contributed by atoms with Crippen LogP contribution in [0.4, 0.5) is 5.69 Å². The Morgan fingerprint density at radius 2 is 1.41 bits per heavy atom. The van der Waals surface area contributed by atoms with Crippen molar-refractivity contribution in [2.24, 2.45) is 0 Å².